The Kier molecular flexibility index (Phi) is 5.16. The maximum atomic E-state index is 13.7. The minimum atomic E-state index is -1.28. The second kappa shape index (κ2) is 7.50. The highest BCUT2D eigenvalue weighted by molar-refractivity contribution is 5.61. The zero-order valence-electron chi connectivity index (χ0n) is 13.7. The molecule has 0 amide bonds. The SMILES string of the molecule is Cn1cc(CNCC(O)c2c(F)cccc2F)c(-c2cccnc2)n1. The van der Waals surface area contributed by atoms with Gasteiger partial charge in [-0.2, -0.15) is 5.10 Å². The Morgan fingerprint density at radius 1 is 1.20 bits per heavy atom. The van der Waals surface area contributed by atoms with E-state index in [4.69, 9.17) is 0 Å². The number of halogens is 2. The Balaban J connectivity index is 1.69. The van der Waals surface area contributed by atoms with Crippen molar-refractivity contribution in [3.63, 3.8) is 0 Å². The van der Waals surface area contributed by atoms with Crippen LogP contribution in [0.4, 0.5) is 8.78 Å². The van der Waals surface area contributed by atoms with E-state index in [1.807, 2.05) is 25.4 Å². The highest BCUT2D eigenvalue weighted by Gasteiger charge is 2.18. The van der Waals surface area contributed by atoms with Crippen LogP contribution in [0.15, 0.2) is 48.9 Å². The fourth-order valence-electron chi connectivity index (χ4n) is 2.69. The average molecular weight is 344 g/mol. The Hall–Kier alpha value is -2.64. The van der Waals surface area contributed by atoms with Crippen LogP contribution in [-0.2, 0) is 13.6 Å². The lowest BCUT2D eigenvalue weighted by atomic mass is 10.1. The van der Waals surface area contributed by atoms with E-state index in [0.717, 1.165) is 29.0 Å². The fraction of sp³-hybridized carbons (Fsp3) is 0.222. The number of aromatic nitrogens is 3. The van der Waals surface area contributed by atoms with Gasteiger partial charge >= 0.3 is 0 Å². The van der Waals surface area contributed by atoms with Crippen molar-refractivity contribution < 1.29 is 13.9 Å². The third kappa shape index (κ3) is 3.89. The summed E-state index contributed by atoms with van der Waals surface area (Å²) in [5.74, 6) is -1.52. The van der Waals surface area contributed by atoms with Crippen LogP contribution in [0.1, 0.15) is 17.2 Å². The molecule has 5 nitrogen and oxygen atoms in total. The summed E-state index contributed by atoms with van der Waals surface area (Å²) in [6.07, 6.45) is 3.98. The van der Waals surface area contributed by atoms with Crippen LogP contribution in [0, 0.1) is 11.6 Å². The molecule has 0 saturated heterocycles. The highest BCUT2D eigenvalue weighted by Crippen LogP contribution is 2.22. The predicted octanol–water partition coefficient (Wildman–Crippen LogP) is 2.58. The van der Waals surface area contributed by atoms with Crippen molar-refractivity contribution in [3.8, 4) is 11.3 Å². The number of nitrogens with zero attached hydrogens (tertiary/aromatic N) is 3. The normalized spacial score (nSPS) is 12.3. The molecule has 0 spiro atoms. The molecule has 2 aromatic heterocycles. The smallest absolute Gasteiger partial charge is 0.131 e. The second-order valence-corrected chi connectivity index (χ2v) is 5.70. The van der Waals surface area contributed by atoms with Crippen molar-refractivity contribution in [1.29, 1.82) is 0 Å². The zero-order valence-corrected chi connectivity index (χ0v) is 13.7. The Labute approximate surface area is 144 Å². The summed E-state index contributed by atoms with van der Waals surface area (Å²) in [6.45, 7) is 0.407. The van der Waals surface area contributed by atoms with Crippen molar-refractivity contribution in [2.24, 2.45) is 7.05 Å². The molecule has 1 unspecified atom stereocenters. The van der Waals surface area contributed by atoms with Crippen molar-refractivity contribution in [2.75, 3.05) is 6.54 Å². The van der Waals surface area contributed by atoms with E-state index < -0.39 is 17.7 Å². The first-order chi connectivity index (χ1) is 12.1. The molecular formula is C18H18F2N4O. The number of nitrogens with one attached hydrogen (secondary N) is 1. The minimum Gasteiger partial charge on any atom is -0.387 e. The molecule has 0 aliphatic rings. The van der Waals surface area contributed by atoms with Crippen molar-refractivity contribution in [3.05, 3.63) is 71.7 Å². The van der Waals surface area contributed by atoms with Crippen LogP contribution < -0.4 is 5.32 Å². The first-order valence-corrected chi connectivity index (χ1v) is 7.82. The molecule has 1 atom stereocenters. The summed E-state index contributed by atoms with van der Waals surface area (Å²) >= 11 is 0. The lowest BCUT2D eigenvalue weighted by molar-refractivity contribution is 0.164. The maximum absolute atomic E-state index is 13.7. The van der Waals surface area contributed by atoms with Gasteiger partial charge in [-0.3, -0.25) is 9.67 Å². The molecule has 2 N–H and O–H groups in total. The third-order valence-corrected chi connectivity index (χ3v) is 3.83. The molecule has 3 aromatic rings. The van der Waals surface area contributed by atoms with Crippen LogP contribution in [0.2, 0.25) is 0 Å². The summed E-state index contributed by atoms with van der Waals surface area (Å²) in [4.78, 5) is 4.09. The van der Waals surface area contributed by atoms with E-state index in [2.05, 4.69) is 15.4 Å². The Morgan fingerprint density at radius 3 is 2.64 bits per heavy atom. The molecule has 0 fully saturated rings. The monoisotopic (exact) mass is 344 g/mol. The first-order valence-electron chi connectivity index (χ1n) is 7.82. The number of aliphatic hydroxyl groups excluding tert-OH is 1. The van der Waals surface area contributed by atoms with Gasteiger partial charge in [0.2, 0.25) is 0 Å². The predicted molar refractivity (Wildman–Crippen MR) is 89.5 cm³/mol. The molecule has 130 valence electrons. The number of hydrogen-bond acceptors (Lipinski definition) is 4. The number of aliphatic hydroxyl groups is 1. The highest BCUT2D eigenvalue weighted by atomic mass is 19.1. The molecule has 0 aliphatic heterocycles. The number of pyridine rings is 1. The van der Waals surface area contributed by atoms with Crippen LogP contribution in [0.3, 0.4) is 0 Å². The van der Waals surface area contributed by atoms with E-state index in [1.165, 1.54) is 6.07 Å². The van der Waals surface area contributed by atoms with E-state index in [9.17, 15) is 13.9 Å². The van der Waals surface area contributed by atoms with Gasteiger partial charge in [0, 0.05) is 49.9 Å². The molecule has 0 aliphatic carbocycles. The Morgan fingerprint density at radius 2 is 1.96 bits per heavy atom. The molecule has 7 heteroatoms. The molecule has 1 aromatic carbocycles. The van der Waals surface area contributed by atoms with Gasteiger partial charge in [0.1, 0.15) is 11.6 Å². The van der Waals surface area contributed by atoms with Gasteiger partial charge in [0.25, 0.3) is 0 Å². The van der Waals surface area contributed by atoms with Gasteiger partial charge in [-0.1, -0.05) is 6.07 Å². The second-order valence-electron chi connectivity index (χ2n) is 5.70. The summed E-state index contributed by atoms with van der Waals surface area (Å²) in [5.41, 5.74) is 2.22. The van der Waals surface area contributed by atoms with E-state index in [-0.39, 0.29) is 12.1 Å². The molecule has 0 radical (unpaired) electrons. The van der Waals surface area contributed by atoms with Gasteiger partial charge < -0.3 is 10.4 Å². The largest absolute Gasteiger partial charge is 0.387 e. The van der Waals surface area contributed by atoms with Gasteiger partial charge in [0.05, 0.1) is 17.4 Å². The average Bonchev–Trinajstić information content (AvgIpc) is 2.96. The number of benzene rings is 1. The van der Waals surface area contributed by atoms with Crippen LogP contribution >= 0.6 is 0 Å². The number of hydrogen-bond donors (Lipinski definition) is 2. The molecule has 2 heterocycles. The summed E-state index contributed by atoms with van der Waals surface area (Å²) in [6, 6.07) is 7.25. The van der Waals surface area contributed by atoms with Crippen molar-refractivity contribution in [2.45, 2.75) is 12.6 Å². The quantitative estimate of drug-likeness (QED) is 0.721. The van der Waals surface area contributed by atoms with E-state index in [0.29, 0.717) is 6.54 Å². The molecule has 25 heavy (non-hydrogen) atoms. The van der Waals surface area contributed by atoms with Gasteiger partial charge in [-0.25, -0.2) is 8.78 Å². The van der Waals surface area contributed by atoms with Gasteiger partial charge in [0.15, 0.2) is 0 Å². The van der Waals surface area contributed by atoms with Gasteiger partial charge in [-0.05, 0) is 24.3 Å². The minimum absolute atomic E-state index is 0.0131. The first kappa shape index (κ1) is 17.2. The van der Waals surface area contributed by atoms with Crippen LogP contribution in [-0.4, -0.2) is 26.4 Å². The molecule has 3 rings (SSSR count). The third-order valence-electron chi connectivity index (χ3n) is 3.83. The maximum Gasteiger partial charge on any atom is 0.131 e. The number of rotatable bonds is 6. The molecular weight excluding hydrogens is 326 g/mol. The zero-order chi connectivity index (χ0) is 17.8. The molecule has 0 bridgehead atoms. The van der Waals surface area contributed by atoms with Crippen LogP contribution in [0.5, 0.6) is 0 Å². The summed E-state index contributed by atoms with van der Waals surface area (Å²) < 4.78 is 29.1. The van der Waals surface area contributed by atoms with Gasteiger partial charge in [-0.15, -0.1) is 0 Å². The summed E-state index contributed by atoms with van der Waals surface area (Å²) in [7, 11) is 1.81. The van der Waals surface area contributed by atoms with E-state index in [1.54, 1.807) is 17.1 Å². The lowest BCUT2D eigenvalue weighted by Crippen LogP contribution is -2.22. The Bertz CT molecular complexity index is 831. The fourth-order valence-corrected chi connectivity index (χ4v) is 2.69. The van der Waals surface area contributed by atoms with Crippen LogP contribution in [0.25, 0.3) is 11.3 Å². The molecule has 0 saturated carbocycles. The lowest BCUT2D eigenvalue weighted by Gasteiger charge is -2.14. The van der Waals surface area contributed by atoms with Crippen molar-refractivity contribution >= 4 is 0 Å². The topological polar surface area (TPSA) is 63.0 Å². The van der Waals surface area contributed by atoms with E-state index >= 15 is 0 Å². The summed E-state index contributed by atoms with van der Waals surface area (Å²) in [5, 5.41) is 17.5. The number of aryl methyl sites for hydroxylation is 1. The standard InChI is InChI=1S/C18H18F2N4O/c1-24-11-13(18(23-24)12-4-3-7-21-8-12)9-22-10-16(25)17-14(19)5-2-6-15(17)20/h2-8,11,16,22,25H,9-10H2,1H3. The van der Waals surface area contributed by atoms with Crippen molar-refractivity contribution in [1.82, 2.24) is 20.1 Å².